The van der Waals surface area contributed by atoms with E-state index in [-0.39, 0.29) is 5.54 Å². The van der Waals surface area contributed by atoms with Gasteiger partial charge in [-0.25, -0.2) is 0 Å². The van der Waals surface area contributed by atoms with Gasteiger partial charge in [-0.15, -0.1) is 0 Å². The van der Waals surface area contributed by atoms with Crippen LogP contribution in [0.15, 0.2) is 4.47 Å². The van der Waals surface area contributed by atoms with Crippen molar-refractivity contribution >= 4 is 15.9 Å². The van der Waals surface area contributed by atoms with Crippen LogP contribution in [0.5, 0.6) is 0 Å². The quantitative estimate of drug-likeness (QED) is 0.924. The van der Waals surface area contributed by atoms with Crippen LogP contribution in [0.2, 0.25) is 0 Å². The fourth-order valence-corrected chi connectivity index (χ4v) is 3.37. The predicted molar refractivity (Wildman–Crippen MR) is 82.2 cm³/mol. The maximum Gasteiger partial charge on any atom is 0.0767 e. The first-order valence-corrected chi connectivity index (χ1v) is 7.83. The van der Waals surface area contributed by atoms with Crippen molar-refractivity contribution in [1.82, 2.24) is 20.0 Å². The summed E-state index contributed by atoms with van der Waals surface area (Å²) in [6, 6.07) is 0.547. The van der Waals surface area contributed by atoms with Gasteiger partial charge in [0.1, 0.15) is 0 Å². The number of hydrogen-bond donors (Lipinski definition) is 1. The van der Waals surface area contributed by atoms with Crippen LogP contribution in [0.1, 0.15) is 39.1 Å². The number of halogens is 1. The van der Waals surface area contributed by atoms with Crippen molar-refractivity contribution in [3.8, 4) is 0 Å². The van der Waals surface area contributed by atoms with E-state index in [4.69, 9.17) is 0 Å². The highest BCUT2D eigenvalue weighted by molar-refractivity contribution is 9.10. The summed E-state index contributed by atoms with van der Waals surface area (Å²) in [6.45, 7) is 12.1. The Balaban J connectivity index is 2.22. The Kier molecular flexibility index (Phi) is 4.38. The molecule has 1 aliphatic heterocycles. The molecule has 1 N–H and O–H groups in total. The molecule has 0 aliphatic carbocycles. The molecule has 1 atom stereocenters. The van der Waals surface area contributed by atoms with Crippen LogP contribution < -0.4 is 5.32 Å². The second kappa shape index (κ2) is 5.54. The van der Waals surface area contributed by atoms with Crippen LogP contribution >= 0.6 is 15.9 Å². The largest absolute Gasteiger partial charge is 0.311 e. The topological polar surface area (TPSA) is 33.1 Å². The molecule has 0 radical (unpaired) electrons. The summed E-state index contributed by atoms with van der Waals surface area (Å²) in [7, 11) is 2.04. The molecule has 2 rings (SSSR count). The van der Waals surface area contributed by atoms with E-state index in [1.54, 1.807) is 0 Å². The molecule has 2 heterocycles. The lowest BCUT2D eigenvalue weighted by Gasteiger charge is -2.45. The van der Waals surface area contributed by atoms with Gasteiger partial charge in [-0.2, -0.15) is 5.10 Å². The van der Waals surface area contributed by atoms with Gasteiger partial charge in [0.05, 0.1) is 15.9 Å². The molecule has 0 amide bonds. The SMILES string of the molecule is CCc1nn(C)c(CN2CC(C)NCC2(C)C)c1Br. The lowest BCUT2D eigenvalue weighted by atomic mass is 9.97. The Bertz CT molecular complexity index is 453. The van der Waals surface area contributed by atoms with Gasteiger partial charge in [0.2, 0.25) is 0 Å². The zero-order chi connectivity index (χ0) is 14.2. The van der Waals surface area contributed by atoms with Crippen LogP contribution in [-0.2, 0) is 20.0 Å². The number of hydrogen-bond acceptors (Lipinski definition) is 3. The summed E-state index contributed by atoms with van der Waals surface area (Å²) in [5, 5.41) is 8.15. The fraction of sp³-hybridized carbons (Fsp3) is 0.786. The fourth-order valence-electron chi connectivity index (χ4n) is 2.63. The Morgan fingerprint density at radius 1 is 1.47 bits per heavy atom. The van der Waals surface area contributed by atoms with Crippen LogP contribution in [0.4, 0.5) is 0 Å². The highest BCUT2D eigenvalue weighted by Crippen LogP contribution is 2.27. The smallest absolute Gasteiger partial charge is 0.0767 e. The average Bonchev–Trinajstić information content (AvgIpc) is 2.61. The van der Waals surface area contributed by atoms with E-state index in [1.807, 2.05) is 11.7 Å². The molecule has 0 saturated carbocycles. The van der Waals surface area contributed by atoms with Crippen LogP contribution in [0, 0.1) is 0 Å². The Labute approximate surface area is 124 Å². The van der Waals surface area contributed by atoms with Gasteiger partial charge in [-0.05, 0) is 43.1 Å². The summed E-state index contributed by atoms with van der Waals surface area (Å²) >= 11 is 3.72. The van der Waals surface area contributed by atoms with Gasteiger partial charge in [-0.3, -0.25) is 9.58 Å². The van der Waals surface area contributed by atoms with Crippen molar-refractivity contribution in [3.05, 3.63) is 15.9 Å². The van der Waals surface area contributed by atoms with Crippen molar-refractivity contribution in [2.45, 2.75) is 52.2 Å². The van der Waals surface area contributed by atoms with Crippen LogP contribution in [-0.4, -0.2) is 39.4 Å². The van der Waals surface area contributed by atoms with Crippen molar-refractivity contribution in [2.24, 2.45) is 7.05 Å². The lowest BCUT2D eigenvalue weighted by molar-refractivity contribution is 0.0601. The van der Waals surface area contributed by atoms with E-state index >= 15 is 0 Å². The van der Waals surface area contributed by atoms with Crippen LogP contribution in [0.25, 0.3) is 0 Å². The minimum Gasteiger partial charge on any atom is -0.311 e. The van der Waals surface area contributed by atoms with Gasteiger partial charge >= 0.3 is 0 Å². The first-order chi connectivity index (χ1) is 8.85. The third-order valence-electron chi connectivity index (χ3n) is 4.08. The standard InChI is InChI=1S/C14H25BrN4/c1-6-11-13(15)12(18(5)17-11)8-19-7-10(2)16-9-14(19,3)4/h10,16H,6-9H2,1-5H3. The number of nitrogens with one attached hydrogen (secondary N) is 1. The summed E-state index contributed by atoms with van der Waals surface area (Å²) in [4.78, 5) is 2.55. The van der Waals surface area contributed by atoms with Gasteiger partial charge in [0.15, 0.2) is 0 Å². The molecule has 4 nitrogen and oxygen atoms in total. The first kappa shape index (κ1) is 15.0. The van der Waals surface area contributed by atoms with Gasteiger partial charge in [0.25, 0.3) is 0 Å². The number of aryl methyl sites for hydroxylation is 2. The Hall–Kier alpha value is -0.390. The Morgan fingerprint density at radius 2 is 2.16 bits per heavy atom. The normalized spacial score (nSPS) is 23.8. The van der Waals surface area contributed by atoms with E-state index in [2.05, 4.69) is 58.9 Å². The second-order valence-corrected chi connectivity index (χ2v) is 6.95. The third kappa shape index (κ3) is 3.03. The zero-order valence-corrected chi connectivity index (χ0v) is 14.2. The zero-order valence-electron chi connectivity index (χ0n) is 12.6. The van der Waals surface area contributed by atoms with Gasteiger partial charge in [-0.1, -0.05) is 6.92 Å². The summed E-state index contributed by atoms with van der Waals surface area (Å²) in [5.41, 5.74) is 2.61. The first-order valence-electron chi connectivity index (χ1n) is 7.04. The molecule has 5 heteroatoms. The molecule has 0 bridgehead atoms. The van der Waals surface area contributed by atoms with E-state index in [9.17, 15) is 0 Å². The van der Waals surface area contributed by atoms with Crippen LogP contribution in [0.3, 0.4) is 0 Å². The minimum absolute atomic E-state index is 0.183. The van der Waals surface area contributed by atoms with Gasteiger partial charge < -0.3 is 5.32 Å². The lowest BCUT2D eigenvalue weighted by Crippen LogP contribution is -2.60. The van der Waals surface area contributed by atoms with Crippen molar-refractivity contribution in [2.75, 3.05) is 13.1 Å². The molecule has 1 aromatic rings. The highest BCUT2D eigenvalue weighted by Gasteiger charge is 2.33. The monoisotopic (exact) mass is 328 g/mol. The molecule has 0 aromatic carbocycles. The number of piperazine rings is 1. The van der Waals surface area contributed by atoms with Crippen molar-refractivity contribution < 1.29 is 0 Å². The van der Waals surface area contributed by atoms with E-state index in [0.29, 0.717) is 6.04 Å². The number of nitrogens with zero attached hydrogens (tertiary/aromatic N) is 3. The maximum atomic E-state index is 4.59. The maximum absolute atomic E-state index is 4.59. The highest BCUT2D eigenvalue weighted by atomic mass is 79.9. The summed E-state index contributed by atoms with van der Waals surface area (Å²) in [6.07, 6.45) is 0.968. The van der Waals surface area contributed by atoms with E-state index in [1.165, 1.54) is 10.2 Å². The van der Waals surface area contributed by atoms with Crippen molar-refractivity contribution in [3.63, 3.8) is 0 Å². The minimum atomic E-state index is 0.183. The number of aromatic nitrogens is 2. The number of rotatable bonds is 3. The molecule has 19 heavy (non-hydrogen) atoms. The average molecular weight is 329 g/mol. The van der Waals surface area contributed by atoms with Gasteiger partial charge in [0, 0.05) is 38.3 Å². The summed E-state index contributed by atoms with van der Waals surface area (Å²) in [5.74, 6) is 0. The molecular weight excluding hydrogens is 304 g/mol. The molecule has 0 spiro atoms. The molecule has 1 aromatic heterocycles. The predicted octanol–water partition coefficient (Wildman–Crippen LogP) is 2.32. The third-order valence-corrected chi connectivity index (χ3v) is 4.99. The van der Waals surface area contributed by atoms with Crippen molar-refractivity contribution in [1.29, 1.82) is 0 Å². The molecule has 108 valence electrons. The molecule has 1 saturated heterocycles. The molecular formula is C14H25BrN4. The Morgan fingerprint density at radius 3 is 2.74 bits per heavy atom. The molecule has 1 fully saturated rings. The second-order valence-electron chi connectivity index (χ2n) is 6.16. The summed E-state index contributed by atoms with van der Waals surface area (Å²) < 4.78 is 3.20. The molecule has 1 aliphatic rings. The van der Waals surface area contributed by atoms with E-state index in [0.717, 1.165) is 31.7 Å². The molecule has 1 unspecified atom stereocenters. The van der Waals surface area contributed by atoms with E-state index < -0.39 is 0 Å².